The summed E-state index contributed by atoms with van der Waals surface area (Å²) in [5, 5.41) is 2.85. The monoisotopic (exact) mass is 360 g/mol. The maximum atomic E-state index is 13.5. The second kappa shape index (κ2) is 9.59. The molecule has 5 heteroatoms. The van der Waals surface area contributed by atoms with Gasteiger partial charge in [0.05, 0.1) is 11.3 Å². The number of benzene rings is 2. The molecule has 0 radical (unpaired) electrons. The number of nitrogens with zero attached hydrogens (tertiary/aromatic N) is 1. The Morgan fingerprint density at radius 1 is 1.16 bits per heavy atom. The third kappa shape index (κ3) is 6.18. The van der Waals surface area contributed by atoms with Crippen LogP contribution in [0.1, 0.15) is 24.1 Å². The lowest BCUT2D eigenvalue weighted by atomic mass is 10.1. The number of carbonyl (C=O) groups excluding carboxylic acids is 1. The first-order valence-electron chi connectivity index (χ1n) is 8.32. The number of nitrogens with one attached hydrogen (secondary N) is 1. The summed E-state index contributed by atoms with van der Waals surface area (Å²) in [6, 6.07) is 16.6. The van der Waals surface area contributed by atoms with Gasteiger partial charge in [0.2, 0.25) is 5.91 Å². The fourth-order valence-electron chi connectivity index (χ4n) is 2.52. The molecule has 0 unspecified atom stereocenters. The molecule has 0 fully saturated rings. The minimum absolute atomic E-state index is 0.00387. The van der Waals surface area contributed by atoms with Crippen molar-refractivity contribution in [2.75, 3.05) is 20.6 Å². The fourth-order valence-corrected chi connectivity index (χ4v) is 3.39. The Balaban J connectivity index is 1.87. The third-order valence-corrected chi connectivity index (χ3v) is 5.25. The molecule has 1 amide bonds. The predicted molar refractivity (Wildman–Crippen MR) is 103 cm³/mol. The highest BCUT2D eigenvalue weighted by molar-refractivity contribution is 7.99. The van der Waals surface area contributed by atoms with Crippen LogP contribution in [-0.2, 0) is 10.5 Å². The van der Waals surface area contributed by atoms with Crippen molar-refractivity contribution in [3.05, 3.63) is 71.5 Å². The molecular weight excluding hydrogens is 335 g/mol. The molecule has 0 aromatic heterocycles. The van der Waals surface area contributed by atoms with E-state index in [2.05, 4.69) is 17.4 Å². The van der Waals surface area contributed by atoms with Crippen LogP contribution in [0.3, 0.4) is 0 Å². The molecule has 25 heavy (non-hydrogen) atoms. The van der Waals surface area contributed by atoms with Crippen LogP contribution in [0.5, 0.6) is 0 Å². The number of thioether (sulfide) groups is 1. The summed E-state index contributed by atoms with van der Waals surface area (Å²) >= 11 is 1.61. The first-order chi connectivity index (χ1) is 12.0. The summed E-state index contributed by atoms with van der Waals surface area (Å²) in [6.45, 7) is 2.36. The van der Waals surface area contributed by atoms with E-state index in [-0.39, 0.29) is 23.0 Å². The second-order valence-corrected chi connectivity index (χ2v) is 7.55. The largest absolute Gasteiger partial charge is 0.353 e. The molecular formula is C20H25FN2OS. The average molecular weight is 360 g/mol. The van der Waals surface area contributed by atoms with E-state index in [1.807, 2.05) is 50.2 Å². The van der Waals surface area contributed by atoms with E-state index >= 15 is 0 Å². The van der Waals surface area contributed by atoms with Crippen molar-refractivity contribution in [1.82, 2.24) is 10.2 Å². The van der Waals surface area contributed by atoms with E-state index in [4.69, 9.17) is 0 Å². The van der Waals surface area contributed by atoms with E-state index in [9.17, 15) is 9.18 Å². The Bertz CT molecular complexity index is 678. The van der Waals surface area contributed by atoms with Gasteiger partial charge in [0.25, 0.3) is 0 Å². The highest BCUT2D eigenvalue weighted by Crippen LogP contribution is 2.20. The highest BCUT2D eigenvalue weighted by atomic mass is 32.2. The van der Waals surface area contributed by atoms with Crippen molar-refractivity contribution >= 4 is 17.7 Å². The number of rotatable bonds is 8. The number of carbonyl (C=O) groups is 1. The van der Waals surface area contributed by atoms with Crippen LogP contribution in [0.15, 0.2) is 54.6 Å². The van der Waals surface area contributed by atoms with Gasteiger partial charge in [-0.2, -0.15) is 0 Å². The predicted octanol–water partition coefficient (Wildman–Crippen LogP) is 3.87. The molecule has 0 saturated heterocycles. The summed E-state index contributed by atoms with van der Waals surface area (Å²) in [4.78, 5) is 14.3. The summed E-state index contributed by atoms with van der Waals surface area (Å²) in [6.07, 6.45) is 0. The lowest BCUT2D eigenvalue weighted by Gasteiger charge is -2.25. The Morgan fingerprint density at radius 3 is 2.52 bits per heavy atom. The van der Waals surface area contributed by atoms with Gasteiger partial charge in [-0.15, -0.1) is 11.8 Å². The number of hydrogen-bond donors (Lipinski definition) is 1. The zero-order valence-electron chi connectivity index (χ0n) is 14.9. The second-order valence-electron chi connectivity index (χ2n) is 6.22. The fraction of sp³-hybridized carbons (Fsp3) is 0.350. The summed E-state index contributed by atoms with van der Waals surface area (Å²) < 4.78 is 13.5. The zero-order chi connectivity index (χ0) is 18.2. The van der Waals surface area contributed by atoms with E-state index in [1.165, 1.54) is 17.7 Å². The molecule has 0 saturated carbocycles. The quantitative estimate of drug-likeness (QED) is 0.776. The van der Waals surface area contributed by atoms with Gasteiger partial charge in [0.15, 0.2) is 0 Å². The minimum Gasteiger partial charge on any atom is -0.353 e. The molecule has 134 valence electrons. The van der Waals surface area contributed by atoms with Crippen LogP contribution in [0, 0.1) is 5.82 Å². The Labute approximate surface area is 153 Å². The summed E-state index contributed by atoms with van der Waals surface area (Å²) in [7, 11) is 3.85. The number of amides is 1. The molecule has 0 aliphatic heterocycles. The third-order valence-electron chi connectivity index (χ3n) is 4.04. The van der Waals surface area contributed by atoms with Crippen molar-refractivity contribution in [1.29, 1.82) is 0 Å². The molecule has 1 N–H and O–H groups in total. The molecule has 2 rings (SSSR count). The van der Waals surface area contributed by atoms with Gasteiger partial charge in [0, 0.05) is 12.3 Å². The van der Waals surface area contributed by atoms with E-state index in [1.54, 1.807) is 17.8 Å². The van der Waals surface area contributed by atoms with Gasteiger partial charge < -0.3 is 10.2 Å². The molecule has 0 aliphatic carbocycles. The molecule has 2 atom stereocenters. The molecule has 0 aliphatic rings. The number of likely N-dealkylation sites (N-methyl/N-ethyl adjacent to an activating group) is 1. The normalized spacial score (nSPS) is 13.5. The van der Waals surface area contributed by atoms with Gasteiger partial charge >= 0.3 is 0 Å². The van der Waals surface area contributed by atoms with Crippen LogP contribution < -0.4 is 5.32 Å². The van der Waals surface area contributed by atoms with E-state index in [0.29, 0.717) is 6.54 Å². The van der Waals surface area contributed by atoms with Gasteiger partial charge in [-0.3, -0.25) is 4.79 Å². The Hall–Kier alpha value is -1.85. The molecule has 0 bridgehead atoms. The summed E-state index contributed by atoms with van der Waals surface area (Å²) in [5.74, 6) is 0.544. The van der Waals surface area contributed by atoms with E-state index < -0.39 is 0 Å². The summed E-state index contributed by atoms with van der Waals surface area (Å²) in [5.41, 5.74) is 2.06. The standard InChI is InChI=1S/C20H25FN2OS/c1-15(25-14-16-8-5-4-6-9-16)20(24)22-13-19(23(2)3)17-10-7-11-18(21)12-17/h4-12,15,19H,13-14H2,1-3H3,(H,22,24)/t15-,19+/m1/s1. The Morgan fingerprint density at radius 2 is 1.88 bits per heavy atom. The van der Waals surface area contributed by atoms with Crippen LogP contribution in [0.2, 0.25) is 0 Å². The molecule has 2 aromatic carbocycles. The maximum Gasteiger partial charge on any atom is 0.232 e. The van der Waals surface area contributed by atoms with Crippen LogP contribution in [0.25, 0.3) is 0 Å². The molecule has 3 nitrogen and oxygen atoms in total. The van der Waals surface area contributed by atoms with Crippen molar-refractivity contribution in [2.24, 2.45) is 0 Å². The molecule has 0 heterocycles. The smallest absolute Gasteiger partial charge is 0.232 e. The maximum absolute atomic E-state index is 13.5. The first-order valence-corrected chi connectivity index (χ1v) is 9.37. The number of halogens is 1. The lowest BCUT2D eigenvalue weighted by Crippen LogP contribution is -2.38. The van der Waals surface area contributed by atoms with Crippen molar-refractivity contribution in [2.45, 2.75) is 24.0 Å². The molecule has 2 aromatic rings. The van der Waals surface area contributed by atoms with Crippen LogP contribution in [-0.4, -0.2) is 36.7 Å². The molecule has 0 spiro atoms. The Kier molecular flexibility index (Phi) is 7.47. The van der Waals surface area contributed by atoms with Crippen molar-refractivity contribution < 1.29 is 9.18 Å². The minimum atomic E-state index is -0.262. The average Bonchev–Trinajstić information content (AvgIpc) is 2.60. The van der Waals surface area contributed by atoms with Gasteiger partial charge in [-0.25, -0.2) is 4.39 Å². The lowest BCUT2D eigenvalue weighted by molar-refractivity contribution is -0.120. The van der Waals surface area contributed by atoms with Gasteiger partial charge in [-0.05, 0) is 44.3 Å². The first kappa shape index (κ1) is 19.5. The van der Waals surface area contributed by atoms with Crippen molar-refractivity contribution in [3.63, 3.8) is 0 Å². The number of hydrogen-bond acceptors (Lipinski definition) is 3. The highest BCUT2D eigenvalue weighted by Gasteiger charge is 2.18. The SMILES string of the molecule is C[C@@H](SCc1ccccc1)C(=O)NC[C@@H](c1cccc(F)c1)N(C)C. The van der Waals surface area contributed by atoms with Crippen molar-refractivity contribution in [3.8, 4) is 0 Å². The van der Waals surface area contributed by atoms with Gasteiger partial charge in [-0.1, -0.05) is 42.5 Å². The topological polar surface area (TPSA) is 32.3 Å². The zero-order valence-corrected chi connectivity index (χ0v) is 15.7. The van der Waals surface area contributed by atoms with Crippen LogP contribution >= 0.6 is 11.8 Å². The van der Waals surface area contributed by atoms with Crippen LogP contribution in [0.4, 0.5) is 4.39 Å². The van der Waals surface area contributed by atoms with Gasteiger partial charge in [0.1, 0.15) is 5.82 Å². The van der Waals surface area contributed by atoms with E-state index in [0.717, 1.165) is 11.3 Å².